The van der Waals surface area contributed by atoms with Crippen LogP contribution < -0.4 is 0 Å². The molecule has 0 amide bonds. The predicted octanol–water partition coefficient (Wildman–Crippen LogP) is 9.81. The standard InChI is InChI=1S/2C10H9N.C8H8N2.3C2H6/c1-8-4-2-6-10-9(8)5-3-7-11-10;1-8-6-7-11-10-5-3-2-4-9(8)10;1-7-6-9-10-5-3-2-4-8(7)10;3*1-2/h2*2-7H,1H3;2-6H,1H3;3*1-2H3. The van der Waals surface area contributed by atoms with Gasteiger partial charge in [-0.15, -0.1) is 0 Å². The Bertz CT molecular complexity index is 1380. The van der Waals surface area contributed by atoms with Crippen molar-refractivity contribution in [1.29, 1.82) is 0 Å². The lowest BCUT2D eigenvalue weighted by molar-refractivity contribution is 0.961. The van der Waals surface area contributed by atoms with Crippen LogP contribution in [0.15, 0.2) is 104 Å². The van der Waals surface area contributed by atoms with Crippen LogP contribution in [0.3, 0.4) is 0 Å². The van der Waals surface area contributed by atoms with Crippen LogP contribution >= 0.6 is 0 Å². The van der Waals surface area contributed by atoms with Crippen molar-refractivity contribution in [3.05, 3.63) is 120 Å². The first-order chi connectivity index (χ1) is 18.6. The summed E-state index contributed by atoms with van der Waals surface area (Å²) in [6.45, 7) is 18.3. The molecule has 0 aliphatic carbocycles. The lowest BCUT2D eigenvalue weighted by Crippen LogP contribution is -1.82. The molecular formula is C34H44N4. The van der Waals surface area contributed by atoms with Crippen LogP contribution in [0.5, 0.6) is 0 Å². The zero-order valence-electron chi connectivity index (χ0n) is 24.6. The van der Waals surface area contributed by atoms with Gasteiger partial charge in [0.15, 0.2) is 0 Å². The van der Waals surface area contributed by atoms with E-state index in [1.807, 2.05) is 125 Å². The third kappa shape index (κ3) is 9.11. The van der Waals surface area contributed by atoms with Gasteiger partial charge in [0, 0.05) is 29.4 Å². The number of fused-ring (bicyclic) bond motifs is 3. The third-order valence-electron chi connectivity index (χ3n) is 5.35. The van der Waals surface area contributed by atoms with Gasteiger partial charge in [-0.05, 0) is 73.9 Å². The minimum atomic E-state index is 1.08. The van der Waals surface area contributed by atoms with Gasteiger partial charge in [0.2, 0.25) is 0 Å². The van der Waals surface area contributed by atoms with E-state index in [9.17, 15) is 0 Å². The van der Waals surface area contributed by atoms with Crippen LogP contribution in [0.1, 0.15) is 58.2 Å². The first-order valence-electron chi connectivity index (χ1n) is 13.6. The van der Waals surface area contributed by atoms with E-state index in [-0.39, 0.29) is 0 Å². The molecule has 0 saturated heterocycles. The molecule has 0 radical (unpaired) electrons. The van der Waals surface area contributed by atoms with Crippen molar-refractivity contribution in [3.63, 3.8) is 0 Å². The van der Waals surface area contributed by atoms with Crippen LogP contribution in [-0.4, -0.2) is 19.6 Å². The van der Waals surface area contributed by atoms with E-state index in [4.69, 9.17) is 0 Å². The molecule has 38 heavy (non-hydrogen) atoms. The normalized spacial score (nSPS) is 9.18. The maximum atomic E-state index is 4.24. The van der Waals surface area contributed by atoms with Crippen molar-refractivity contribution < 1.29 is 0 Å². The lowest BCUT2D eigenvalue weighted by atomic mass is 10.1. The Morgan fingerprint density at radius 3 is 1.71 bits per heavy atom. The van der Waals surface area contributed by atoms with Gasteiger partial charge < -0.3 is 0 Å². The molecule has 0 fully saturated rings. The Morgan fingerprint density at radius 2 is 1.05 bits per heavy atom. The summed E-state index contributed by atoms with van der Waals surface area (Å²) in [7, 11) is 0. The van der Waals surface area contributed by atoms with Crippen molar-refractivity contribution in [1.82, 2.24) is 19.6 Å². The van der Waals surface area contributed by atoms with Gasteiger partial charge in [0.1, 0.15) is 0 Å². The zero-order chi connectivity index (χ0) is 28.3. The largest absolute Gasteiger partial charge is 0.256 e. The van der Waals surface area contributed by atoms with E-state index in [0.29, 0.717) is 0 Å². The first-order valence-corrected chi connectivity index (χ1v) is 13.6. The summed E-state index contributed by atoms with van der Waals surface area (Å²) in [5.74, 6) is 0. The number of hydrogen-bond acceptors (Lipinski definition) is 3. The molecule has 0 aliphatic rings. The second-order valence-corrected chi connectivity index (χ2v) is 7.65. The molecule has 0 bridgehead atoms. The molecule has 4 heteroatoms. The Hall–Kier alpha value is -4.05. The fourth-order valence-electron chi connectivity index (χ4n) is 3.56. The van der Waals surface area contributed by atoms with E-state index in [2.05, 4.69) is 60.1 Å². The minimum Gasteiger partial charge on any atom is -0.256 e. The van der Waals surface area contributed by atoms with Crippen molar-refractivity contribution in [3.8, 4) is 0 Å². The maximum absolute atomic E-state index is 4.24. The number of para-hydroxylation sites is 1. The highest BCUT2D eigenvalue weighted by atomic mass is 15.2. The van der Waals surface area contributed by atoms with Gasteiger partial charge in [0.05, 0.1) is 22.7 Å². The molecule has 6 rings (SSSR count). The van der Waals surface area contributed by atoms with E-state index >= 15 is 0 Å². The summed E-state index contributed by atoms with van der Waals surface area (Å²) in [6.07, 6.45) is 7.48. The van der Waals surface area contributed by atoms with Crippen molar-refractivity contribution in [2.24, 2.45) is 0 Å². The topological polar surface area (TPSA) is 43.1 Å². The summed E-state index contributed by atoms with van der Waals surface area (Å²) < 4.78 is 1.87. The molecule has 2 aromatic carbocycles. The summed E-state index contributed by atoms with van der Waals surface area (Å²) in [5.41, 5.74) is 7.13. The van der Waals surface area contributed by atoms with Crippen LogP contribution in [-0.2, 0) is 0 Å². The molecule has 0 spiro atoms. The molecule has 4 heterocycles. The number of aromatic nitrogens is 4. The summed E-state index contributed by atoms with van der Waals surface area (Å²) in [5, 5.41) is 6.63. The van der Waals surface area contributed by atoms with Crippen molar-refractivity contribution in [2.75, 3.05) is 0 Å². The monoisotopic (exact) mass is 508 g/mol. The Labute approximate surface area is 229 Å². The molecule has 200 valence electrons. The van der Waals surface area contributed by atoms with Crippen molar-refractivity contribution in [2.45, 2.75) is 62.3 Å². The van der Waals surface area contributed by atoms with Gasteiger partial charge in [-0.25, -0.2) is 4.52 Å². The Kier molecular flexibility index (Phi) is 15.3. The summed E-state index contributed by atoms with van der Waals surface area (Å²) >= 11 is 0. The molecule has 4 aromatic heterocycles. The predicted molar refractivity (Wildman–Crippen MR) is 167 cm³/mol. The van der Waals surface area contributed by atoms with Crippen LogP contribution in [0.4, 0.5) is 0 Å². The molecular weight excluding hydrogens is 464 g/mol. The van der Waals surface area contributed by atoms with Gasteiger partial charge >= 0.3 is 0 Å². The van der Waals surface area contributed by atoms with E-state index in [1.165, 1.54) is 33.0 Å². The molecule has 0 N–H and O–H groups in total. The van der Waals surface area contributed by atoms with E-state index < -0.39 is 0 Å². The number of rotatable bonds is 0. The van der Waals surface area contributed by atoms with Crippen LogP contribution in [0.2, 0.25) is 0 Å². The quantitative estimate of drug-likeness (QED) is 0.205. The zero-order valence-corrected chi connectivity index (χ0v) is 24.6. The molecule has 6 aromatic rings. The first kappa shape index (κ1) is 32.0. The van der Waals surface area contributed by atoms with Crippen LogP contribution in [0.25, 0.3) is 27.3 Å². The molecule has 4 nitrogen and oxygen atoms in total. The molecule has 0 unspecified atom stereocenters. The third-order valence-corrected chi connectivity index (χ3v) is 5.35. The van der Waals surface area contributed by atoms with Crippen LogP contribution in [0, 0.1) is 20.8 Å². The SMILES string of the molecule is CC.CC.CC.Cc1cccc2ncccc12.Cc1ccnc2ccccc12.Cc1cnn2ccccc12. The lowest BCUT2D eigenvalue weighted by Gasteiger charge is -1.97. The fourth-order valence-corrected chi connectivity index (χ4v) is 3.56. The number of nitrogens with zero attached hydrogens (tertiary/aromatic N) is 4. The second-order valence-electron chi connectivity index (χ2n) is 7.65. The highest BCUT2D eigenvalue weighted by Crippen LogP contribution is 2.15. The average Bonchev–Trinajstić information content (AvgIpc) is 3.38. The number of hydrogen-bond donors (Lipinski definition) is 0. The fraction of sp³-hybridized carbons (Fsp3) is 0.265. The van der Waals surface area contributed by atoms with E-state index in [0.717, 1.165) is 11.0 Å². The van der Waals surface area contributed by atoms with Gasteiger partial charge in [0.25, 0.3) is 0 Å². The second kappa shape index (κ2) is 18.2. The molecule has 0 aliphatic heterocycles. The number of benzene rings is 2. The number of aryl methyl sites for hydroxylation is 3. The minimum absolute atomic E-state index is 1.08. The molecule has 0 saturated carbocycles. The van der Waals surface area contributed by atoms with Gasteiger partial charge in [-0.3, -0.25) is 9.97 Å². The average molecular weight is 509 g/mol. The van der Waals surface area contributed by atoms with Gasteiger partial charge in [-0.1, -0.05) is 84.0 Å². The van der Waals surface area contributed by atoms with Crippen molar-refractivity contribution >= 4 is 27.3 Å². The Balaban J connectivity index is 0.000000259. The highest BCUT2D eigenvalue weighted by molar-refractivity contribution is 5.82. The Morgan fingerprint density at radius 1 is 0.500 bits per heavy atom. The summed E-state index contributed by atoms with van der Waals surface area (Å²) in [4.78, 5) is 8.48. The van der Waals surface area contributed by atoms with E-state index in [1.54, 1.807) is 0 Å². The van der Waals surface area contributed by atoms with Gasteiger partial charge in [-0.2, -0.15) is 5.10 Å². The number of pyridine rings is 3. The maximum Gasteiger partial charge on any atom is 0.0704 e. The highest BCUT2D eigenvalue weighted by Gasteiger charge is 1.95. The molecule has 0 atom stereocenters. The smallest absolute Gasteiger partial charge is 0.0704 e. The summed E-state index contributed by atoms with van der Waals surface area (Å²) in [6, 6.07) is 26.5.